The fourth-order valence-corrected chi connectivity index (χ4v) is 2.40. The summed E-state index contributed by atoms with van der Waals surface area (Å²) in [7, 11) is 3.03. The lowest BCUT2D eigenvalue weighted by Gasteiger charge is -2.12. The molecule has 2 rings (SSSR count). The van der Waals surface area contributed by atoms with Crippen molar-refractivity contribution in [1.29, 1.82) is 0 Å². The predicted octanol–water partition coefficient (Wildman–Crippen LogP) is 3.92. The van der Waals surface area contributed by atoms with Gasteiger partial charge >= 0.3 is 5.97 Å². The Morgan fingerprint density at radius 1 is 0.966 bits per heavy atom. The first kappa shape index (κ1) is 22.1. The van der Waals surface area contributed by atoms with Crippen LogP contribution in [-0.4, -0.2) is 39.3 Å². The SMILES string of the molecule is COc1ccc(NC(=O)COC(=O)c2ccc(OCCC(C)C)cc2)c(OC)c1. The number of ether oxygens (including phenoxy) is 4. The number of amides is 1. The molecule has 0 aromatic heterocycles. The second kappa shape index (κ2) is 10.9. The van der Waals surface area contributed by atoms with Crippen molar-refractivity contribution in [2.75, 3.05) is 32.8 Å². The monoisotopic (exact) mass is 401 g/mol. The van der Waals surface area contributed by atoms with E-state index < -0.39 is 18.5 Å². The van der Waals surface area contributed by atoms with E-state index >= 15 is 0 Å². The number of nitrogens with one attached hydrogen (secondary N) is 1. The molecule has 2 aromatic carbocycles. The summed E-state index contributed by atoms with van der Waals surface area (Å²) in [4.78, 5) is 24.2. The molecular weight excluding hydrogens is 374 g/mol. The first-order valence-corrected chi connectivity index (χ1v) is 9.34. The highest BCUT2D eigenvalue weighted by Crippen LogP contribution is 2.28. The van der Waals surface area contributed by atoms with Crippen LogP contribution in [0.2, 0.25) is 0 Å². The second-order valence-electron chi connectivity index (χ2n) is 6.75. The van der Waals surface area contributed by atoms with E-state index in [0.717, 1.165) is 6.42 Å². The van der Waals surface area contributed by atoms with Crippen molar-refractivity contribution in [2.24, 2.45) is 5.92 Å². The lowest BCUT2D eigenvalue weighted by molar-refractivity contribution is -0.119. The van der Waals surface area contributed by atoms with Gasteiger partial charge in [0.2, 0.25) is 0 Å². The molecule has 0 aliphatic heterocycles. The number of rotatable bonds is 10. The maximum atomic E-state index is 12.1. The van der Waals surface area contributed by atoms with Gasteiger partial charge in [0.1, 0.15) is 17.2 Å². The number of carbonyl (C=O) groups excluding carboxylic acids is 2. The van der Waals surface area contributed by atoms with Crippen LogP contribution in [0.1, 0.15) is 30.6 Å². The molecule has 0 heterocycles. The van der Waals surface area contributed by atoms with Crippen molar-refractivity contribution in [3.8, 4) is 17.2 Å². The van der Waals surface area contributed by atoms with E-state index in [-0.39, 0.29) is 0 Å². The van der Waals surface area contributed by atoms with Crippen LogP contribution in [0.3, 0.4) is 0 Å². The Labute approximate surface area is 170 Å². The van der Waals surface area contributed by atoms with E-state index in [0.29, 0.717) is 41.0 Å². The molecule has 7 nitrogen and oxygen atoms in total. The number of anilines is 1. The number of benzene rings is 2. The summed E-state index contributed by atoms with van der Waals surface area (Å²) in [5.74, 6) is 1.23. The fourth-order valence-electron chi connectivity index (χ4n) is 2.40. The molecule has 156 valence electrons. The number of methoxy groups -OCH3 is 2. The average molecular weight is 401 g/mol. The molecule has 0 atom stereocenters. The quantitative estimate of drug-likeness (QED) is 0.608. The van der Waals surface area contributed by atoms with E-state index in [4.69, 9.17) is 18.9 Å². The Hall–Kier alpha value is -3.22. The van der Waals surface area contributed by atoms with Crippen LogP contribution in [0.5, 0.6) is 17.2 Å². The minimum Gasteiger partial charge on any atom is -0.497 e. The van der Waals surface area contributed by atoms with Gasteiger partial charge in [0, 0.05) is 6.07 Å². The fraction of sp³-hybridized carbons (Fsp3) is 0.364. The van der Waals surface area contributed by atoms with Crippen LogP contribution >= 0.6 is 0 Å². The molecule has 7 heteroatoms. The van der Waals surface area contributed by atoms with E-state index in [2.05, 4.69) is 19.2 Å². The van der Waals surface area contributed by atoms with Crippen molar-refractivity contribution in [1.82, 2.24) is 0 Å². The summed E-state index contributed by atoms with van der Waals surface area (Å²) in [5.41, 5.74) is 0.799. The van der Waals surface area contributed by atoms with Gasteiger partial charge < -0.3 is 24.3 Å². The van der Waals surface area contributed by atoms with Gasteiger partial charge in [0.25, 0.3) is 5.91 Å². The summed E-state index contributed by atoms with van der Waals surface area (Å²) in [6.45, 7) is 4.46. The van der Waals surface area contributed by atoms with Gasteiger partial charge in [0.05, 0.1) is 32.1 Å². The summed E-state index contributed by atoms with van der Waals surface area (Å²) in [6.07, 6.45) is 0.956. The zero-order valence-electron chi connectivity index (χ0n) is 17.2. The van der Waals surface area contributed by atoms with Crippen LogP contribution in [0.4, 0.5) is 5.69 Å². The normalized spacial score (nSPS) is 10.4. The summed E-state index contributed by atoms with van der Waals surface area (Å²) >= 11 is 0. The molecular formula is C22H27NO6. The van der Waals surface area contributed by atoms with Crippen LogP contribution in [0.25, 0.3) is 0 Å². The number of carbonyl (C=O) groups is 2. The summed E-state index contributed by atoms with van der Waals surface area (Å²) in [6, 6.07) is 11.6. The molecule has 0 saturated heterocycles. The molecule has 0 bridgehead atoms. The first-order valence-electron chi connectivity index (χ1n) is 9.34. The largest absolute Gasteiger partial charge is 0.497 e. The zero-order valence-corrected chi connectivity index (χ0v) is 17.2. The Morgan fingerprint density at radius 2 is 1.66 bits per heavy atom. The molecule has 1 N–H and O–H groups in total. The third-order valence-corrected chi connectivity index (χ3v) is 4.07. The molecule has 1 amide bonds. The molecule has 0 aliphatic rings. The number of esters is 1. The molecule has 2 aromatic rings. The lowest BCUT2D eigenvalue weighted by atomic mass is 10.1. The third kappa shape index (κ3) is 7.03. The summed E-state index contributed by atoms with van der Waals surface area (Å²) < 4.78 is 21.0. The van der Waals surface area contributed by atoms with E-state index in [1.807, 2.05) is 0 Å². The molecule has 0 unspecified atom stereocenters. The highest BCUT2D eigenvalue weighted by atomic mass is 16.5. The van der Waals surface area contributed by atoms with Crippen molar-refractivity contribution >= 4 is 17.6 Å². The van der Waals surface area contributed by atoms with E-state index in [1.165, 1.54) is 14.2 Å². The first-order chi connectivity index (χ1) is 13.9. The number of hydrogen-bond donors (Lipinski definition) is 1. The topological polar surface area (TPSA) is 83.1 Å². The highest BCUT2D eigenvalue weighted by Gasteiger charge is 2.13. The van der Waals surface area contributed by atoms with Gasteiger partial charge in [-0.25, -0.2) is 4.79 Å². The second-order valence-corrected chi connectivity index (χ2v) is 6.75. The molecule has 0 fully saturated rings. The van der Waals surface area contributed by atoms with Crippen LogP contribution in [-0.2, 0) is 9.53 Å². The Kier molecular flexibility index (Phi) is 8.33. The highest BCUT2D eigenvalue weighted by molar-refractivity contribution is 5.96. The van der Waals surface area contributed by atoms with Crippen molar-refractivity contribution in [3.63, 3.8) is 0 Å². The summed E-state index contributed by atoms with van der Waals surface area (Å²) in [5, 5.41) is 2.64. The molecule has 0 spiro atoms. The van der Waals surface area contributed by atoms with Gasteiger partial charge in [-0.1, -0.05) is 13.8 Å². The van der Waals surface area contributed by atoms with Gasteiger partial charge in [-0.05, 0) is 48.7 Å². The van der Waals surface area contributed by atoms with Crippen molar-refractivity contribution < 1.29 is 28.5 Å². The van der Waals surface area contributed by atoms with Crippen molar-refractivity contribution in [3.05, 3.63) is 48.0 Å². The number of hydrogen-bond acceptors (Lipinski definition) is 6. The van der Waals surface area contributed by atoms with Crippen molar-refractivity contribution in [2.45, 2.75) is 20.3 Å². The predicted molar refractivity (Wildman–Crippen MR) is 110 cm³/mol. The smallest absolute Gasteiger partial charge is 0.338 e. The minimum atomic E-state index is -0.587. The van der Waals surface area contributed by atoms with Gasteiger partial charge in [-0.2, -0.15) is 0 Å². The Morgan fingerprint density at radius 3 is 2.28 bits per heavy atom. The van der Waals surface area contributed by atoms with E-state index in [9.17, 15) is 9.59 Å². The molecule has 0 radical (unpaired) electrons. The molecule has 0 saturated carbocycles. The Bertz CT molecular complexity index is 817. The van der Waals surface area contributed by atoms with Gasteiger partial charge in [0.15, 0.2) is 6.61 Å². The lowest BCUT2D eigenvalue weighted by Crippen LogP contribution is -2.21. The standard InChI is InChI=1S/C22H27NO6/c1-15(2)11-12-28-17-7-5-16(6-8-17)22(25)29-14-21(24)23-19-10-9-18(26-3)13-20(19)27-4/h5-10,13,15H,11-12,14H2,1-4H3,(H,23,24). The maximum absolute atomic E-state index is 12.1. The van der Waals surface area contributed by atoms with Crippen LogP contribution in [0.15, 0.2) is 42.5 Å². The van der Waals surface area contributed by atoms with E-state index in [1.54, 1.807) is 42.5 Å². The Balaban J connectivity index is 1.84. The molecule has 29 heavy (non-hydrogen) atoms. The van der Waals surface area contributed by atoms with Crippen LogP contribution in [0, 0.1) is 5.92 Å². The van der Waals surface area contributed by atoms with Gasteiger partial charge in [-0.3, -0.25) is 4.79 Å². The maximum Gasteiger partial charge on any atom is 0.338 e. The average Bonchev–Trinajstić information content (AvgIpc) is 2.72. The minimum absolute atomic E-state index is 0.344. The zero-order chi connectivity index (χ0) is 21.2. The van der Waals surface area contributed by atoms with Gasteiger partial charge in [-0.15, -0.1) is 0 Å². The molecule has 0 aliphatic carbocycles. The van der Waals surface area contributed by atoms with Crippen LogP contribution < -0.4 is 19.5 Å². The third-order valence-electron chi connectivity index (χ3n) is 4.07.